The second-order valence-electron chi connectivity index (χ2n) is 11.8. The molecule has 2 aromatic heterocycles. The Kier molecular flexibility index (Phi) is 8.01. The van der Waals surface area contributed by atoms with Crippen LogP contribution < -0.4 is 20.5 Å². The molecule has 1 aliphatic heterocycles. The lowest BCUT2D eigenvalue weighted by Gasteiger charge is -2.31. The number of nitrogens with one attached hydrogen (secondary N) is 1. The molecule has 6 rings (SSSR count). The molecule has 2 aromatic carbocycles. The number of nitrogens with two attached hydrogens (primary N) is 1. The van der Waals surface area contributed by atoms with Crippen LogP contribution in [0.1, 0.15) is 47.1 Å². The first-order chi connectivity index (χ1) is 22.0. The molecule has 3 heterocycles. The summed E-state index contributed by atoms with van der Waals surface area (Å²) < 4.78 is 70.1. The van der Waals surface area contributed by atoms with Crippen LogP contribution in [0.2, 0.25) is 10.0 Å². The van der Waals surface area contributed by atoms with Crippen molar-refractivity contribution in [2.45, 2.75) is 50.0 Å². The molecule has 1 aliphatic carbocycles. The summed E-state index contributed by atoms with van der Waals surface area (Å²) in [4.78, 5) is 34.4. The molecule has 0 bridgehead atoms. The maximum absolute atomic E-state index is 14.8. The van der Waals surface area contributed by atoms with Crippen molar-refractivity contribution in [2.75, 3.05) is 13.2 Å². The van der Waals surface area contributed by atoms with Crippen molar-refractivity contribution in [1.82, 2.24) is 15.3 Å². The van der Waals surface area contributed by atoms with E-state index in [1.54, 1.807) is 13.0 Å². The van der Waals surface area contributed by atoms with Gasteiger partial charge < -0.3 is 25.6 Å². The van der Waals surface area contributed by atoms with E-state index in [1.807, 2.05) is 0 Å². The van der Waals surface area contributed by atoms with E-state index in [9.17, 15) is 32.3 Å². The molecule has 0 radical (unpaired) electrons. The minimum absolute atomic E-state index is 0.0404. The molecule has 2 atom stereocenters. The van der Waals surface area contributed by atoms with E-state index in [4.69, 9.17) is 38.4 Å². The monoisotopic (exact) mass is 692 g/mol. The number of halogens is 6. The third-order valence-electron chi connectivity index (χ3n) is 8.30. The molecule has 1 fully saturated rings. The van der Waals surface area contributed by atoms with Crippen LogP contribution in [0.15, 0.2) is 42.5 Å². The standard InChI is InChI=1S/C32H26Cl2F4N4O5/c1-14-20(33)9-16-7-17(10-23(25(16)41-14)47-18-4-5-18)28(43)40-12-31(45,32(36,37)38)24-11-19-27(46-13-30(19,2)29(39)44)26(42-24)15-3-6-22(35)21(34)8-15/h3,6-11,18,45H,4-5,12-13H2,1-2H3,(H2,39,44)(H,40,43)/t30-,31?/m0/s1. The Balaban J connectivity index is 1.42. The Morgan fingerprint density at radius 1 is 1.13 bits per heavy atom. The zero-order valence-electron chi connectivity index (χ0n) is 24.8. The number of nitrogens with zero attached hydrogens (tertiary/aromatic N) is 2. The summed E-state index contributed by atoms with van der Waals surface area (Å²) in [6.45, 7) is 1.34. The third kappa shape index (κ3) is 5.80. The van der Waals surface area contributed by atoms with Crippen LogP contribution in [-0.2, 0) is 15.8 Å². The zero-order chi connectivity index (χ0) is 34.1. The van der Waals surface area contributed by atoms with Crippen molar-refractivity contribution in [3.8, 4) is 22.8 Å². The number of fused-ring (bicyclic) bond motifs is 2. The molecule has 4 aromatic rings. The normalized spacial score (nSPS) is 18.7. The number of aliphatic hydroxyl groups is 1. The quantitative estimate of drug-likeness (QED) is 0.195. The van der Waals surface area contributed by atoms with E-state index in [0.29, 0.717) is 21.6 Å². The first-order valence-corrected chi connectivity index (χ1v) is 15.1. The number of hydrogen-bond acceptors (Lipinski definition) is 7. The molecule has 246 valence electrons. The summed E-state index contributed by atoms with van der Waals surface area (Å²) in [7, 11) is 0. The highest BCUT2D eigenvalue weighted by molar-refractivity contribution is 6.32. The van der Waals surface area contributed by atoms with Gasteiger partial charge in [-0.1, -0.05) is 23.2 Å². The van der Waals surface area contributed by atoms with E-state index in [1.165, 1.54) is 25.1 Å². The van der Waals surface area contributed by atoms with E-state index >= 15 is 0 Å². The predicted molar refractivity (Wildman–Crippen MR) is 164 cm³/mol. The lowest BCUT2D eigenvalue weighted by Crippen LogP contribution is -2.51. The van der Waals surface area contributed by atoms with Crippen LogP contribution in [-0.4, -0.2) is 52.3 Å². The van der Waals surface area contributed by atoms with Crippen LogP contribution in [0.5, 0.6) is 11.5 Å². The molecule has 4 N–H and O–H groups in total. The van der Waals surface area contributed by atoms with Crippen LogP contribution in [0.4, 0.5) is 17.6 Å². The number of carbonyl (C=O) groups is 2. The Morgan fingerprint density at radius 3 is 2.49 bits per heavy atom. The Morgan fingerprint density at radius 2 is 1.85 bits per heavy atom. The zero-order valence-corrected chi connectivity index (χ0v) is 26.3. The van der Waals surface area contributed by atoms with E-state index in [0.717, 1.165) is 31.0 Å². The number of aromatic nitrogens is 2. The molecule has 2 amide bonds. The topological polar surface area (TPSA) is 137 Å². The fourth-order valence-corrected chi connectivity index (χ4v) is 5.53. The van der Waals surface area contributed by atoms with Crippen molar-refractivity contribution < 1.29 is 41.7 Å². The second kappa shape index (κ2) is 11.5. The number of benzene rings is 2. The molecular weight excluding hydrogens is 667 g/mol. The highest BCUT2D eigenvalue weighted by Crippen LogP contribution is 2.48. The third-order valence-corrected chi connectivity index (χ3v) is 8.97. The predicted octanol–water partition coefficient (Wildman–Crippen LogP) is 5.91. The number of primary amides is 1. The fraction of sp³-hybridized carbons (Fsp3) is 0.312. The number of alkyl halides is 3. The fourth-order valence-electron chi connectivity index (χ4n) is 5.19. The van der Waals surface area contributed by atoms with Crippen molar-refractivity contribution in [3.63, 3.8) is 0 Å². The summed E-state index contributed by atoms with van der Waals surface area (Å²) in [6.07, 6.45) is -3.90. The summed E-state index contributed by atoms with van der Waals surface area (Å²) in [5, 5.41) is 13.9. The van der Waals surface area contributed by atoms with Gasteiger partial charge in [-0.3, -0.25) is 9.59 Å². The summed E-state index contributed by atoms with van der Waals surface area (Å²) in [6, 6.07) is 8.50. The average Bonchev–Trinajstić information content (AvgIpc) is 3.76. The number of pyridine rings is 2. The maximum Gasteiger partial charge on any atom is 0.424 e. The highest BCUT2D eigenvalue weighted by atomic mass is 35.5. The Hall–Kier alpha value is -4.20. The van der Waals surface area contributed by atoms with Gasteiger partial charge in [-0.05, 0) is 69.2 Å². The average molecular weight is 693 g/mol. The van der Waals surface area contributed by atoms with E-state index in [-0.39, 0.29) is 51.6 Å². The largest absolute Gasteiger partial charge is 0.489 e. The van der Waals surface area contributed by atoms with E-state index in [2.05, 4.69) is 15.3 Å². The molecule has 47 heavy (non-hydrogen) atoms. The number of rotatable bonds is 8. The van der Waals surface area contributed by atoms with Gasteiger partial charge in [0.05, 0.1) is 34.1 Å². The molecule has 2 aliphatic rings. The van der Waals surface area contributed by atoms with Crippen LogP contribution in [0, 0.1) is 12.7 Å². The maximum atomic E-state index is 14.8. The minimum atomic E-state index is -5.40. The van der Waals surface area contributed by atoms with Gasteiger partial charge in [0, 0.05) is 22.1 Å². The summed E-state index contributed by atoms with van der Waals surface area (Å²) >= 11 is 12.2. The summed E-state index contributed by atoms with van der Waals surface area (Å²) in [5.41, 5.74) is -0.180. The van der Waals surface area contributed by atoms with Gasteiger partial charge in [0.2, 0.25) is 11.5 Å². The smallest absolute Gasteiger partial charge is 0.424 e. The lowest BCUT2D eigenvalue weighted by molar-refractivity contribution is -0.265. The molecule has 0 saturated heterocycles. The first kappa shape index (κ1) is 32.7. The van der Waals surface area contributed by atoms with Gasteiger partial charge in [-0.15, -0.1) is 0 Å². The number of hydrogen-bond donors (Lipinski definition) is 3. The van der Waals surface area contributed by atoms with Gasteiger partial charge in [-0.25, -0.2) is 14.4 Å². The molecule has 0 spiro atoms. The number of amides is 2. The second-order valence-corrected chi connectivity index (χ2v) is 12.6. The molecule has 1 unspecified atom stereocenters. The molecule has 15 heteroatoms. The minimum Gasteiger partial charge on any atom is -0.489 e. The van der Waals surface area contributed by atoms with Gasteiger partial charge in [0.15, 0.2) is 0 Å². The van der Waals surface area contributed by atoms with Crippen molar-refractivity contribution in [3.05, 3.63) is 80.8 Å². The summed E-state index contributed by atoms with van der Waals surface area (Å²) in [5.74, 6) is -2.51. The van der Waals surface area contributed by atoms with Crippen molar-refractivity contribution in [1.29, 1.82) is 0 Å². The van der Waals surface area contributed by atoms with Crippen molar-refractivity contribution >= 4 is 45.9 Å². The van der Waals surface area contributed by atoms with Gasteiger partial charge >= 0.3 is 6.18 Å². The molecule has 1 saturated carbocycles. The number of ether oxygens (including phenoxy) is 2. The van der Waals surface area contributed by atoms with Crippen LogP contribution >= 0.6 is 23.2 Å². The van der Waals surface area contributed by atoms with Crippen molar-refractivity contribution in [2.24, 2.45) is 5.73 Å². The Bertz CT molecular complexity index is 1970. The van der Waals surface area contributed by atoms with Gasteiger partial charge in [0.25, 0.3) is 5.91 Å². The Labute approximate surface area is 275 Å². The molecule has 9 nitrogen and oxygen atoms in total. The highest BCUT2D eigenvalue weighted by Gasteiger charge is 2.57. The van der Waals surface area contributed by atoms with Crippen LogP contribution in [0.25, 0.3) is 22.2 Å². The van der Waals surface area contributed by atoms with Crippen LogP contribution in [0.3, 0.4) is 0 Å². The SMILES string of the molecule is Cc1nc2c(OC3CC3)cc(C(=O)NCC(O)(c3cc4c(c(-c5ccc(F)c(Cl)c5)n3)OC[C@]4(C)C(N)=O)C(F)(F)F)cc2cc1Cl. The molecular formula is C32H26Cl2F4N4O5. The van der Waals surface area contributed by atoms with Gasteiger partial charge in [-0.2, -0.15) is 13.2 Å². The number of aryl methyl sites for hydroxylation is 1. The number of carbonyl (C=O) groups excluding carboxylic acids is 2. The lowest BCUT2D eigenvalue weighted by atomic mass is 9.81. The first-order valence-electron chi connectivity index (χ1n) is 14.3. The van der Waals surface area contributed by atoms with Gasteiger partial charge in [0.1, 0.15) is 40.5 Å². The van der Waals surface area contributed by atoms with E-state index < -0.39 is 47.1 Å².